The van der Waals surface area contributed by atoms with Gasteiger partial charge in [0.2, 0.25) is 29.5 Å². The molecule has 65 heavy (non-hydrogen) atoms. The van der Waals surface area contributed by atoms with E-state index >= 15 is 0 Å². The Balaban J connectivity index is 1.68. The predicted octanol–water partition coefficient (Wildman–Crippen LogP) is 3.33. The average molecular weight is 911 g/mol. The molecule has 362 valence electrons. The van der Waals surface area contributed by atoms with E-state index < -0.39 is 65.6 Å². The van der Waals surface area contributed by atoms with Gasteiger partial charge in [-0.25, -0.2) is 4.79 Å². The number of methoxy groups -OCH3 is 3. The fourth-order valence-corrected chi connectivity index (χ4v) is 8.70. The Morgan fingerprint density at radius 2 is 1.54 bits per heavy atom. The quantitative estimate of drug-likeness (QED) is 0.0698. The summed E-state index contributed by atoms with van der Waals surface area (Å²) in [6, 6.07) is 6.38. The first-order valence-electron chi connectivity index (χ1n) is 22.9. The lowest BCUT2D eigenvalue weighted by atomic mass is 9.89. The molecule has 2 aliphatic heterocycles. The second-order valence-corrected chi connectivity index (χ2v) is 18.2. The summed E-state index contributed by atoms with van der Waals surface area (Å²) in [5.41, 5.74) is -0.513. The van der Waals surface area contributed by atoms with Gasteiger partial charge >= 0.3 is 5.97 Å². The van der Waals surface area contributed by atoms with Crippen molar-refractivity contribution in [2.24, 2.45) is 17.8 Å². The number of nitrogens with one attached hydrogen (secondary N) is 3. The normalized spacial score (nSPS) is 18.4. The maximum absolute atomic E-state index is 14.4. The third kappa shape index (κ3) is 14.9. The number of carbonyl (C=O) groups is 8. The van der Waals surface area contributed by atoms with Gasteiger partial charge in [-0.1, -0.05) is 77.8 Å². The van der Waals surface area contributed by atoms with Crippen molar-refractivity contribution in [3.8, 4) is 0 Å². The molecule has 1 saturated heterocycles. The van der Waals surface area contributed by atoms with Gasteiger partial charge in [0.05, 0.1) is 43.7 Å². The third-order valence-electron chi connectivity index (χ3n) is 12.8. The number of esters is 1. The smallest absolute Gasteiger partial charge is 0.328 e. The van der Waals surface area contributed by atoms with Gasteiger partial charge in [0.15, 0.2) is 0 Å². The van der Waals surface area contributed by atoms with Crippen molar-refractivity contribution in [2.45, 2.75) is 148 Å². The van der Waals surface area contributed by atoms with Gasteiger partial charge in [-0.3, -0.25) is 38.5 Å². The number of unbranched alkanes of at least 4 members (excludes halogenated alkanes) is 2. The number of imide groups is 1. The van der Waals surface area contributed by atoms with E-state index in [1.165, 1.54) is 33.5 Å². The number of rotatable bonds is 26. The van der Waals surface area contributed by atoms with E-state index in [1.807, 2.05) is 58.0 Å². The van der Waals surface area contributed by atoms with Gasteiger partial charge in [0.1, 0.15) is 17.6 Å². The molecule has 3 N–H and O–H groups in total. The zero-order valence-corrected chi connectivity index (χ0v) is 40.3. The number of likely N-dealkylation sites (N-methyl/N-ethyl adjacent to an activating group) is 1. The van der Waals surface area contributed by atoms with Crippen LogP contribution in [0.15, 0.2) is 42.5 Å². The molecule has 8 atom stereocenters. The third-order valence-corrected chi connectivity index (χ3v) is 12.8. The summed E-state index contributed by atoms with van der Waals surface area (Å²) < 4.78 is 16.9. The first kappa shape index (κ1) is 54.2. The minimum absolute atomic E-state index is 0.0678. The van der Waals surface area contributed by atoms with Crippen LogP contribution in [0.25, 0.3) is 0 Å². The van der Waals surface area contributed by atoms with E-state index in [-0.39, 0.29) is 67.2 Å². The summed E-state index contributed by atoms with van der Waals surface area (Å²) in [5.74, 6) is -4.39. The first-order valence-corrected chi connectivity index (χ1v) is 22.9. The molecule has 7 amide bonds. The lowest BCUT2D eigenvalue weighted by molar-refractivity contribution is -0.149. The molecule has 0 aliphatic carbocycles. The summed E-state index contributed by atoms with van der Waals surface area (Å²) >= 11 is 0. The molecule has 0 radical (unpaired) electrons. The van der Waals surface area contributed by atoms with Crippen LogP contribution >= 0.6 is 0 Å². The first-order chi connectivity index (χ1) is 30.7. The highest BCUT2D eigenvalue weighted by molar-refractivity contribution is 6.12. The average Bonchev–Trinajstić information content (AvgIpc) is 3.89. The van der Waals surface area contributed by atoms with Crippen LogP contribution in [-0.2, 0) is 59.0 Å². The molecule has 2 heterocycles. The largest absolute Gasteiger partial charge is 0.467 e. The SMILES string of the molecule is CCC(C)C(C(CC(=O)N1CCC[C@H]1C(OC)C(C)C(=O)NC(Cc1ccccc1)C(=O)OC)OC)N(C)C(=O)C(NC(=O)C(C)(C)NC(=O)CCCCCN1C(=O)C=CC1=O)C(C)C. The van der Waals surface area contributed by atoms with Crippen molar-refractivity contribution in [2.75, 3.05) is 41.5 Å². The summed E-state index contributed by atoms with van der Waals surface area (Å²) in [6.45, 7) is 13.1. The fourth-order valence-electron chi connectivity index (χ4n) is 8.70. The van der Waals surface area contributed by atoms with Gasteiger partial charge in [-0.05, 0) is 56.9 Å². The zero-order chi connectivity index (χ0) is 48.6. The van der Waals surface area contributed by atoms with Gasteiger partial charge in [0.25, 0.3) is 11.8 Å². The van der Waals surface area contributed by atoms with Crippen LogP contribution in [0.3, 0.4) is 0 Å². The number of amides is 7. The van der Waals surface area contributed by atoms with Crippen LogP contribution in [0.5, 0.6) is 0 Å². The molecule has 0 saturated carbocycles. The maximum atomic E-state index is 14.4. The second-order valence-electron chi connectivity index (χ2n) is 18.2. The number of hydrogen-bond acceptors (Lipinski definition) is 11. The van der Waals surface area contributed by atoms with E-state index in [4.69, 9.17) is 14.2 Å². The minimum Gasteiger partial charge on any atom is -0.467 e. The van der Waals surface area contributed by atoms with Crippen molar-refractivity contribution >= 4 is 47.3 Å². The number of benzene rings is 1. The van der Waals surface area contributed by atoms with Crippen LogP contribution in [0.2, 0.25) is 0 Å². The molecular weight excluding hydrogens is 837 g/mol. The molecule has 1 aromatic carbocycles. The van der Waals surface area contributed by atoms with E-state index in [0.29, 0.717) is 45.1 Å². The Labute approximate surface area is 385 Å². The van der Waals surface area contributed by atoms with Gasteiger partial charge in [0, 0.05) is 59.4 Å². The molecule has 17 nitrogen and oxygen atoms in total. The number of nitrogens with zero attached hydrogens (tertiary/aromatic N) is 3. The van der Waals surface area contributed by atoms with Crippen LogP contribution in [-0.4, -0.2) is 145 Å². The number of likely N-dealkylation sites (tertiary alicyclic amines) is 1. The monoisotopic (exact) mass is 911 g/mol. The van der Waals surface area contributed by atoms with E-state index in [9.17, 15) is 38.4 Å². The highest BCUT2D eigenvalue weighted by Gasteiger charge is 2.44. The number of ether oxygens (including phenoxy) is 3. The summed E-state index contributed by atoms with van der Waals surface area (Å²) in [5, 5.41) is 8.50. The summed E-state index contributed by atoms with van der Waals surface area (Å²) in [4.78, 5) is 110. The van der Waals surface area contributed by atoms with E-state index in [1.54, 1.807) is 37.6 Å². The Hall–Kier alpha value is -5.16. The lowest BCUT2D eigenvalue weighted by Crippen LogP contribution is -2.62. The lowest BCUT2D eigenvalue weighted by Gasteiger charge is -2.41. The Morgan fingerprint density at radius 1 is 0.892 bits per heavy atom. The molecule has 0 bridgehead atoms. The second kappa shape index (κ2) is 25.5. The van der Waals surface area contributed by atoms with Gasteiger partial charge < -0.3 is 40.0 Å². The molecule has 0 aromatic heterocycles. The van der Waals surface area contributed by atoms with Gasteiger partial charge in [-0.15, -0.1) is 0 Å². The van der Waals surface area contributed by atoms with Crippen LogP contribution in [0, 0.1) is 17.8 Å². The van der Waals surface area contributed by atoms with Crippen LogP contribution in [0.1, 0.15) is 105 Å². The molecule has 0 spiro atoms. The predicted molar refractivity (Wildman–Crippen MR) is 244 cm³/mol. The van der Waals surface area contributed by atoms with Crippen molar-refractivity contribution in [3.63, 3.8) is 0 Å². The van der Waals surface area contributed by atoms with Crippen molar-refractivity contribution < 1.29 is 52.6 Å². The van der Waals surface area contributed by atoms with E-state index in [2.05, 4.69) is 16.0 Å². The van der Waals surface area contributed by atoms with Crippen molar-refractivity contribution in [1.82, 2.24) is 30.7 Å². The molecule has 1 aromatic rings. The Kier molecular flexibility index (Phi) is 21.3. The molecular formula is C48H74N6O11. The van der Waals surface area contributed by atoms with E-state index in [0.717, 1.165) is 10.5 Å². The number of hydrogen-bond donors (Lipinski definition) is 3. The summed E-state index contributed by atoms with van der Waals surface area (Å²) in [7, 11) is 5.93. The standard InChI is InChI=1S/C48H74N6O11/c1-12-31(4)42(52(8)45(60)41(30(2)3)50-47(62)48(6,7)51-37(55)23-17-14-18-26-54-38(56)24-25-39(54)57)36(63-9)29-40(58)53-27-19-22-35(53)43(64-10)32(5)44(59)49-34(46(61)65-11)28-33-20-15-13-16-21-33/h13,15-16,20-21,24-25,30-32,34-36,41-43H,12,14,17-19,22-23,26-29H2,1-11H3,(H,49,59)(H,50,62)(H,51,55)/t31?,32?,34?,35-,36?,41?,42?,43?/m0/s1. The summed E-state index contributed by atoms with van der Waals surface area (Å²) in [6.07, 6.45) is 4.90. The maximum Gasteiger partial charge on any atom is 0.328 e. The number of carbonyl (C=O) groups excluding carboxylic acids is 8. The molecule has 17 heteroatoms. The zero-order valence-electron chi connectivity index (χ0n) is 40.3. The molecule has 2 aliphatic rings. The van der Waals surface area contributed by atoms with Crippen molar-refractivity contribution in [1.29, 1.82) is 0 Å². The molecule has 7 unspecified atom stereocenters. The van der Waals surface area contributed by atoms with Gasteiger partial charge in [-0.2, -0.15) is 0 Å². The van der Waals surface area contributed by atoms with Crippen LogP contribution < -0.4 is 16.0 Å². The topological polar surface area (TPSA) is 210 Å². The minimum atomic E-state index is -1.36. The Morgan fingerprint density at radius 3 is 2.11 bits per heavy atom. The fraction of sp³-hybridized carbons (Fsp3) is 0.667. The Bertz CT molecular complexity index is 1820. The van der Waals surface area contributed by atoms with Crippen molar-refractivity contribution in [3.05, 3.63) is 48.0 Å². The van der Waals surface area contributed by atoms with Crippen LogP contribution in [0.4, 0.5) is 0 Å². The molecule has 3 rings (SSSR count). The highest BCUT2D eigenvalue weighted by atomic mass is 16.5. The molecule has 1 fully saturated rings. The highest BCUT2D eigenvalue weighted by Crippen LogP contribution is 2.30.